The average molecular weight is 868 g/mol. The summed E-state index contributed by atoms with van der Waals surface area (Å²) in [6, 6.07) is 23.4. The molecule has 64 heavy (non-hydrogen) atoms. The molecule has 16 nitrogen and oxygen atoms in total. The lowest BCUT2D eigenvalue weighted by Crippen LogP contribution is -2.59. The van der Waals surface area contributed by atoms with Gasteiger partial charge >= 0.3 is 0 Å². The number of carbonyl (C=O) groups excluding carboxylic acids is 3. The van der Waals surface area contributed by atoms with Gasteiger partial charge < -0.3 is 30.3 Å². The number of morpholine rings is 1. The van der Waals surface area contributed by atoms with Crippen LogP contribution in [-0.4, -0.2) is 116 Å². The van der Waals surface area contributed by atoms with Crippen molar-refractivity contribution in [3.05, 3.63) is 127 Å². The molecule has 7 aromatic rings. The Bertz CT molecular complexity index is 2870. The third-order valence-corrected chi connectivity index (χ3v) is 11.9. The van der Waals surface area contributed by atoms with Gasteiger partial charge in [-0.25, -0.2) is 23.4 Å². The molecule has 3 aromatic heterocycles. The predicted octanol–water partition coefficient (Wildman–Crippen LogP) is 3.77. The van der Waals surface area contributed by atoms with Crippen molar-refractivity contribution in [1.29, 1.82) is 0 Å². The number of hydrogen-bond donors (Lipinski definition) is 3. The van der Waals surface area contributed by atoms with Crippen LogP contribution in [0.1, 0.15) is 12.0 Å². The molecule has 10 rings (SSSR count). The second-order valence-electron chi connectivity index (χ2n) is 16.0. The molecule has 3 aliphatic rings. The highest BCUT2D eigenvalue weighted by atomic mass is 19.1. The molecule has 0 aliphatic carbocycles. The normalized spacial score (nSPS) is 20.9. The lowest BCUT2D eigenvalue weighted by molar-refractivity contribution is -0.134. The summed E-state index contributed by atoms with van der Waals surface area (Å²) in [5, 5.41) is 19.4. The first-order valence-corrected chi connectivity index (χ1v) is 21.1. The van der Waals surface area contributed by atoms with Gasteiger partial charge in [0.05, 0.1) is 43.4 Å². The molecule has 18 heteroatoms. The number of rotatable bonds is 5. The first-order valence-electron chi connectivity index (χ1n) is 21.1. The van der Waals surface area contributed by atoms with Crippen molar-refractivity contribution in [2.45, 2.75) is 43.7 Å². The smallest absolute Gasteiger partial charge is 0.244 e. The summed E-state index contributed by atoms with van der Waals surface area (Å²) in [6.45, 7) is 2.30. The van der Waals surface area contributed by atoms with Crippen molar-refractivity contribution in [1.82, 2.24) is 50.4 Å². The quantitative estimate of drug-likeness (QED) is 0.230. The first kappa shape index (κ1) is 40.7. The zero-order valence-corrected chi connectivity index (χ0v) is 34.4. The van der Waals surface area contributed by atoms with Crippen LogP contribution in [0.4, 0.5) is 14.6 Å². The van der Waals surface area contributed by atoms with Crippen LogP contribution in [0.3, 0.4) is 0 Å². The summed E-state index contributed by atoms with van der Waals surface area (Å²) in [4.78, 5) is 55.6. The molecule has 3 aliphatic heterocycles. The van der Waals surface area contributed by atoms with Crippen LogP contribution in [-0.2, 0) is 32.2 Å². The van der Waals surface area contributed by atoms with E-state index in [0.29, 0.717) is 43.2 Å². The van der Waals surface area contributed by atoms with Crippen LogP contribution in [0.25, 0.3) is 38.8 Å². The molecule has 0 spiro atoms. The summed E-state index contributed by atoms with van der Waals surface area (Å²) < 4.78 is 44.5. The Kier molecular flexibility index (Phi) is 11.1. The number of nitrogens with zero attached hydrogens (tertiary/aromatic N) is 8. The fraction of sp³-hybridized carbons (Fsp3) is 0.283. The molecule has 6 heterocycles. The first-order chi connectivity index (χ1) is 31.3. The monoisotopic (exact) mass is 867 g/mol. The molecule has 0 saturated carbocycles. The number of anilines is 1. The standard InChI is InChI=1S/C46H43F2N11O5/c47-30-12-13-39(36(48)19-30)59-43-34(22-53-59)42(51-27-52-43)58-24-32-20-40(58)46(62)54-38(44(60)49-21-28-6-2-1-3-7-28)23-50-45(61)41-26-63-17-16-56(41)14-15-57-25-35-33(10-5-11-37(35)55-57)29-8-4-9-31(18-29)64-32/h1-13,18-19,22,25,27,32,38,40-41H,14-17,20-21,23-24,26H2,(H,49,60)(H,50,61)(H,54,62)/t32-,38-,40-,41?/m0/s1. The van der Waals surface area contributed by atoms with E-state index in [-0.39, 0.29) is 49.9 Å². The zero-order valence-electron chi connectivity index (χ0n) is 34.4. The number of ether oxygens (including phenoxy) is 2. The van der Waals surface area contributed by atoms with E-state index >= 15 is 4.39 Å². The van der Waals surface area contributed by atoms with Crippen molar-refractivity contribution in [3.8, 4) is 22.6 Å². The second kappa shape index (κ2) is 17.5. The molecular formula is C46H43F2N11O5. The minimum atomic E-state index is -1.19. The SMILES string of the molecule is O=C1NC[C@@H](C(=O)NCc2ccccc2)NC(=O)[C@@H]2C[C@@H](CN2c2ncnc3c2cnn3-c2ccc(F)cc2F)Oc2cccc(c2)-c2cccc3nn(cc23)CCN2CCOCC12. The van der Waals surface area contributed by atoms with Gasteiger partial charge in [0.2, 0.25) is 17.7 Å². The molecule has 326 valence electrons. The van der Waals surface area contributed by atoms with Crippen molar-refractivity contribution >= 4 is 45.5 Å². The maximum atomic E-state index is 15.1. The van der Waals surface area contributed by atoms with Crippen molar-refractivity contribution in [3.63, 3.8) is 0 Å². The molecule has 2 saturated heterocycles. The lowest BCUT2D eigenvalue weighted by Gasteiger charge is -2.34. The van der Waals surface area contributed by atoms with E-state index in [1.807, 2.05) is 88.6 Å². The van der Waals surface area contributed by atoms with E-state index in [1.54, 1.807) is 4.90 Å². The fourth-order valence-electron chi connectivity index (χ4n) is 8.73. The average Bonchev–Trinajstić information content (AvgIpc) is 4.06. The number of hydrogen-bond acceptors (Lipinski definition) is 11. The van der Waals surface area contributed by atoms with Crippen molar-refractivity contribution in [2.75, 3.05) is 44.3 Å². The van der Waals surface area contributed by atoms with E-state index in [1.165, 1.54) is 23.3 Å². The Morgan fingerprint density at radius 1 is 0.891 bits per heavy atom. The summed E-state index contributed by atoms with van der Waals surface area (Å²) in [7, 11) is 0. The van der Waals surface area contributed by atoms with E-state index in [0.717, 1.165) is 39.7 Å². The van der Waals surface area contributed by atoms with E-state index in [2.05, 4.69) is 31.0 Å². The van der Waals surface area contributed by atoms with Crippen LogP contribution >= 0.6 is 0 Å². The number of fused-ring (bicyclic) bond motifs is 8. The van der Waals surface area contributed by atoms with Crippen LogP contribution in [0, 0.1) is 11.6 Å². The molecule has 4 atom stereocenters. The second-order valence-corrected chi connectivity index (χ2v) is 16.0. The Balaban J connectivity index is 1.03. The third-order valence-electron chi connectivity index (χ3n) is 11.9. The van der Waals surface area contributed by atoms with Crippen LogP contribution in [0.5, 0.6) is 5.75 Å². The summed E-state index contributed by atoms with van der Waals surface area (Å²) in [5.74, 6) is -2.06. The van der Waals surface area contributed by atoms with Gasteiger partial charge in [-0.2, -0.15) is 10.2 Å². The number of halogens is 2. The zero-order chi connectivity index (χ0) is 43.7. The molecule has 3 N–H and O–H groups in total. The van der Waals surface area contributed by atoms with E-state index < -0.39 is 47.7 Å². The van der Waals surface area contributed by atoms with Gasteiger partial charge in [-0.1, -0.05) is 54.6 Å². The Morgan fingerprint density at radius 2 is 1.77 bits per heavy atom. The number of nitrogens with one attached hydrogen (secondary N) is 3. The Hall–Kier alpha value is -7.31. The largest absolute Gasteiger partial charge is 0.488 e. The number of benzene rings is 4. The van der Waals surface area contributed by atoms with Crippen molar-refractivity contribution in [2.24, 2.45) is 0 Å². The highest BCUT2D eigenvalue weighted by molar-refractivity contribution is 5.96. The van der Waals surface area contributed by atoms with E-state index in [9.17, 15) is 18.8 Å². The predicted molar refractivity (Wildman–Crippen MR) is 231 cm³/mol. The number of amides is 3. The topological polar surface area (TPSA) is 174 Å². The van der Waals surface area contributed by atoms with Gasteiger partial charge in [0.25, 0.3) is 0 Å². The lowest BCUT2D eigenvalue weighted by atomic mass is 10.0. The van der Waals surface area contributed by atoms with Crippen molar-refractivity contribution < 1.29 is 32.6 Å². The number of carbonyl (C=O) groups is 3. The summed E-state index contributed by atoms with van der Waals surface area (Å²) >= 11 is 0. The van der Waals surface area contributed by atoms with E-state index in [4.69, 9.17) is 14.6 Å². The number of aromatic nitrogens is 6. The molecular weight excluding hydrogens is 825 g/mol. The Morgan fingerprint density at radius 3 is 2.64 bits per heavy atom. The molecule has 0 radical (unpaired) electrons. The molecule has 3 amide bonds. The highest BCUT2D eigenvalue weighted by Crippen LogP contribution is 2.35. The molecule has 1 unspecified atom stereocenters. The van der Waals surface area contributed by atoms with Crippen LogP contribution in [0.2, 0.25) is 0 Å². The minimum absolute atomic E-state index is 0.0267. The molecule has 4 aromatic carbocycles. The van der Waals surface area contributed by atoms with Crippen LogP contribution < -0.4 is 25.6 Å². The molecule has 6 bridgehead atoms. The van der Waals surface area contributed by atoms with Gasteiger partial charge in [-0.3, -0.25) is 24.0 Å². The van der Waals surface area contributed by atoms with Gasteiger partial charge in [0, 0.05) is 50.2 Å². The molecule has 2 fully saturated rings. The summed E-state index contributed by atoms with van der Waals surface area (Å²) in [6.07, 6.45) is 4.38. The fourth-order valence-corrected chi connectivity index (χ4v) is 8.73. The minimum Gasteiger partial charge on any atom is -0.488 e. The van der Waals surface area contributed by atoms with Gasteiger partial charge in [-0.05, 0) is 47.0 Å². The summed E-state index contributed by atoms with van der Waals surface area (Å²) in [5.41, 5.74) is 3.74. The maximum Gasteiger partial charge on any atom is 0.244 e. The van der Waals surface area contributed by atoms with Gasteiger partial charge in [0.15, 0.2) is 11.5 Å². The highest BCUT2D eigenvalue weighted by Gasteiger charge is 2.41. The van der Waals surface area contributed by atoms with Gasteiger partial charge in [0.1, 0.15) is 53.6 Å². The van der Waals surface area contributed by atoms with Crippen LogP contribution in [0.15, 0.2) is 110 Å². The maximum absolute atomic E-state index is 15.1. The Labute approximate surface area is 365 Å². The van der Waals surface area contributed by atoms with Gasteiger partial charge in [-0.15, -0.1) is 0 Å². The third kappa shape index (κ3) is 8.20.